The number of para-hydroxylation sites is 1. The topological polar surface area (TPSA) is 21.3 Å². The zero-order valence-corrected chi connectivity index (χ0v) is 12.8. The molecule has 0 radical (unpaired) electrons. The van der Waals surface area contributed by atoms with Crippen LogP contribution in [0.1, 0.15) is 11.1 Å². The van der Waals surface area contributed by atoms with Crippen LogP contribution < -0.4 is 10.1 Å². The molecule has 0 amide bonds. The lowest BCUT2D eigenvalue weighted by molar-refractivity contribution is 0.328. The average Bonchev–Trinajstić information content (AvgIpc) is 2.39. The van der Waals surface area contributed by atoms with Gasteiger partial charge < -0.3 is 10.1 Å². The summed E-state index contributed by atoms with van der Waals surface area (Å²) < 4.78 is 6.93. The van der Waals surface area contributed by atoms with Crippen molar-refractivity contribution in [2.24, 2.45) is 0 Å². The minimum Gasteiger partial charge on any atom is -0.491 e. The Kier molecular flexibility index (Phi) is 4.86. The highest BCUT2D eigenvalue weighted by molar-refractivity contribution is 9.10. The number of halogens is 1. The van der Waals surface area contributed by atoms with Gasteiger partial charge in [0, 0.05) is 16.7 Å². The van der Waals surface area contributed by atoms with Gasteiger partial charge in [0.25, 0.3) is 0 Å². The van der Waals surface area contributed by atoms with Crippen LogP contribution in [-0.4, -0.2) is 13.2 Å². The zero-order valence-electron chi connectivity index (χ0n) is 11.2. The summed E-state index contributed by atoms with van der Waals surface area (Å²) in [6.07, 6.45) is 0. The molecule has 3 heteroatoms. The van der Waals surface area contributed by atoms with E-state index < -0.39 is 0 Å². The first kappa shape index (κ1) is 13.9. The largest absolute Gasteiger partial charge is 0.491 e. The maximum absolute atomic E-state index is 5.84. The average molecular weight is 320 g/mol. The van der Waals surface area contributed by atoms with Gasteiger partial charge in [0.1, 0.15) is 12.4 Å². The van der Waals surface area contributed by atoms with E-state index >= 15 is 0 Å². The van der Waals surface area contributed by atoms with Gasteiger partial charge >= 0.3 is 0 Å². The molecular formula is C16H18BrNO. The minimum atomic E-state index is 0.655. The van der Waals surface area contributed by atoms with Crippen molar-refractivity contribution < 1.29 is 4.74 Å². The Labute approximate surface area is 122 Å². The van der Waals surface area contributed by atoms with Crippen LogP contribution in [0.2, 0.25) is 0 Å². The lowest BCUT2D eigenvalue weighted by Gasteiger charge is -2.12. The summed E-state index contributed by atoms with van der Waals surface area (Å²) >= 11 is 3.42. The summed E-state index contributed by atoms with van der Waals surface area (Å²) in [6.45, 7) is 5.59. The molecular weight excluding hydrogens is 302 g/mol. The fourth-order valence-electron chi connectivity index (χ4n) is 1.94. The van der Waals surface area contributed by atoms with E-state index in [2.05, 4.69) is 53.3 Å². The molecule has 0 spiro atoms. The normalized spacial score (nSPS) is 10.3. The van der Waals surface area contributed by atoms with Crippen LogP contribution in [0.3, 0.4) is 0 Å². The molecule has 100 valence electrons. The lowest BCUT2D eigenvalue weighted by Crippen LogP contribution is -2.12. The molecule has 2 nitrogen and oxygen atoms in total. The van der Waals surface area contributed by atoms with Crippen LogP contribution in [0.15, 0.2) is 46.9 Å². The number of hydrogen-bond donors (Lipinski definition) is 1. The second-order valence-corrected chi connectivity index (χ2v) is 5.42. The Bertz CT molecular complexity index is 517. The van der Waals surface area contributed by atoms with Gasteiger partial charge in [0.2, 0.25) is 0 Å². The van der Waals surface area contributed by atoms with Gasteiger partial charge in [0.15, 0.2) is 0 Å². The number of anilines is 1. The fourth-order valence-corrected chi connectivity index (χ4v) is 2.21. The third-order valence-electron chi connectivity index (χ3n) is 2.93. The Morgan fingerprint density at radius 3 is 2.26 bits per heavy atom. The molecule has 0 aromatic heterocycles. The molecule has 0 aliphatic heterocycles. The van der Waals surface area contributed by atoms with Crippen LogP contribution in [0, 0.1) is 13.8 Å². The molecule has 2 aromatic rings. The first-order valence-electron chi connectivity index (χ1n) is 6.35. The summed E-state index contributed by atoms with van der Waals surface area (Å²) in [7, 11) is 0. The van der Waals surface area contributed by atoms with Crippen LogP contribution in [0.25, 0.3) is 0 Å². The molecule has 1 N–H and O–H groups in total. The number of benzene rings is 2. The van der Waals surface area contributed by atoms with Gasteiger partial charge in [0.05, 0.1) is 0 Å². The third-order valence-corrected chi connectivity index (χ3v) is 3.46. The molecule has 0 atom stereocenters. The van der Waals surface area contributed by atoms with E-state index in [9.17, 15) is 0 Å². The van der Waals surface area contributed by atoms with Crippen molar-refractivity contribution in [3.63, 3.8) is 0 Å². The molecule has 0 saturated heterocycles. The molecule has 0 unspecified atom stereocenters. The van der Waals surface area contributed by atoms with Crippen molar-refractivity contribution in [3.8, 4) is 5.75 Å². The molecule has 2 rings (SSSR count). The van der Waals surface area contributed by atoms with Crippen LogP contribution in [0.4, 0.5) is 5.69 Å². The van der Waals surface area contributed by atoms with E-state index in [0.29, 0.717) is 6.61 Å². The second-order valence-electron chi connectivity index (χ2n) is 4.50. The minimum absolute atomic E-state index is 0.655. The van der Waals surface area contributed by atoms with E-state index in [1.165, 1.54) is 11.1 Å². The predicted octanol–water partition coefficient (Wildman–Crippen LogP) is 4.56. The first-order valence-corrected chi connectivity index (χ1v) is 7.14. The third kappa shape index (κ3) is 4.00. The highest BCUT2D eigenvalue weighted by atomic mass is 79.9. The van der Waals surface area contributed by atoms with Crippen LogP contribution in [0.5, 0.6) is 5.75 Å². The van der Waals surface area contributed by atoms with Crippen molar-refractivity contribution in [1.82, 2.24) is 0 Å². The molecule has 19 heavy (non-hydrogen) atoms. The van der Waals surface area contributed by atoms with Gasteiger partial charge in [-0.15, -0.1) is 0 Å². The van der Waals surface area contributed by atoms with Crippen molar-refractivity contribution in [2.45, 2.75) is 13.8 Å². The smallest absolute Gasteiger partial charge is 0.125 e. The standard InChI is InChI=1S/C16H18BrNO/c1-12-4-3-5-13(2)16(12)19-11-10-18-15-8-6-14(17)7-9-15/h3-9,18H,10-11H2,1-2H3. The van der Waals surface area contributed by atoms with E-state index in [-0.39, 0.29) is 0 Å². The first-order chi connectivity index (χ1) is 9.16. The maximum atomic E-state index is 5.84. The molecule has 0 bridgehead atoms. The van der Waals surface area contributed by atoms with Crippen LogP contribution in [-0.2, 0) is 0 Å². The van der Waals surface area contributed by atoms with Gasteiger partial charge in [-0.2, -0.15) is 0 Å². The number of aryl methyl sites for hydroxylation is 2. The zero-order chi connectivity index (χ0) is 13.7. The number of hydrogen-bond acceptors (Lipinski definition) is 2. The van der Waals surface area contributed by atoms with E-state index in [1.54, 1.807) is 0 Å². The summed E-state index contributed by atoms with van der Waals surface area (Å²) in [5.74, 6) is 1.00. The number of rotatable bonds is 5. The Balaban J connectivity index is 1.82. The molecule has 0 saturated carbocycles. The molecule has 0 aliphatic carbocycles. The van der Waals surface area contributed by atoms with Crippen molar-refractivity contribution >= 4 is 21.6 Å². The van der Waals surface area contributed by atoms with Crippen molar-refractivity contribution in [2.75, 3.05) is 18.5 Å². The number of ether oxygens (including phenoxy) is 1. The summed E-state index contributed by atoms with van der Waals surface area (Å²) in [5.41, 5.74) is 3.47. The monoisotopic (exact) mass is 319 g/mol. The summed E-state index contributed by atoms with van der Waals surface area (Å²) in [6, 6.07) is 14.3. The van der Waals surface area contributed by atoms with Gasteiger partial charge in [-0.05, 0) is 49.2 Å². The Morgan fingerprint density at radius 2 is 1.63 bits per heavy atom. The molecule has 2 aromatic carbocycles. The van der Waals surface area contributed by atoms with Crippen molar-refractivity contribution in [3.05, 3.63) is 58.1 Å². The highest BCUT2D eigenvalue weighted by Crippen LogP contribution is 2.22. The highest BCUT2D eigenvalue weighted by Gasteiger charge is 2.02. The summed E-state index contributed by atoms with van der Waals surface area (Å²) in [5, 5.41) is 3.34. The lowest BCUT2D eigenvalue weighted by atomic mass is 10.1. The molecule has 0 aliphatic rings. The fraction of sp³-hybridized carbons (Fsp3) is 0.250. The van der Waals surface area contributed by atoms with Crippen LogP contribution >= 0.6 is 15.9 Å². The van der Waals surface area contributed by atoms with Crippen molar-refractivity contribution in [1.29, 1.82) is 0 Å². The van der Waals surface area contributed by atoms with Gasteiger partial charge in [-0.25, -0.2) is 0 Å². The maximum Gasteiger partial charge on any atom is 0.125 e. The second kappa shape index (κ2) is 6.62. The van der Waals surface area contributed by atoms with E-state index in [0.717, 1.165) is 22.5 Å². The van der Waals surface area contributed by atoms with E-state index in [1.807, 2.05) is 24.3 Å². The van der Waals surface area contributed by atoms with E-state index in [4.69, 9.17) is 4.74 Å². The molecule has 0 heterocycles. The SMILES string of the molecule is Cc1cccc(C)c1OCCNc1ccc(Br)cc1. The quantitative estimate of drug-likeness (QED) is 0.816. The van der Waals surface area contributed by atoms with Gasteiger partial charge in [-0.3, -0.25) is 0 Å². The molecule has 0 fully saturated rings. The predicted molar refractivity (Wildman–Crippen MR) is 84.0 cm³/mol. The summed E-state index contributed by atoms with van der Waals surface area (Å²) in [4.78, 5) is 0. The van der Waals surface area contributed by atoms with Gasteiger partial charge in [-0.1, -0.05) is 34.1 Å². The Morgan fingerprint density at radius 1 is 1.00 bits per heavy atom. The number of nitrogens with one attached hydrogen (secondary N) is 1. The Hall–Kier alpha value is -1.48.